The zero-order chi connectivity index (χ0) is 25.3. The predicted molar refractivity (Wildman–Crippen MR) is 118 cm³/mol. The van der Waals surface area contributed by atoms with Gasteiger partial charge in [0.25, 0.3) is 0 Å². The lowest BCUT2D eigenvalue weighted by Crippen LogP contribution is -2.36. The molecule has 0 aliphatic heterocycles. The Morgan fingerprint density at radius 1 is 1.07 bits per heavy atom. The number of hydrogen-bond donors (Lipinski definition) is 8. The maximum atomic E-state index is 10.1. The minimum Gasteiger partial charge on any atom is -0.480 e. The molecule has 0 spiro atoms. The summed E-state index contributed by atoms with van der Waals surface area (Å²) in [5.41, 5.74) is 9.79. The number of aliphatic hydroxyl groups excluding tert-OH is 4. The summed E-state index contributed by atoms with van der Waals surface area (Å²) in [4.78, 5) is 19.4. The Bertz CT molecular complexity index is 384. The average Bonchev–Trinajstić information content (AvgIpc) is 2.61. The number of nitrogens with zero attached hydrogens (tertiary/aromatic N) is 1. The van der Waals surface area contributed by atoms with Crippen LogP contribution >= 0.6 is 0 Å². The summed E-state index contributed by atoms with van der Waals surface area (Å²) in [6, 6.07) is -0.690. The molecule has 0 bridgehead atoms. The molecule has 11 nitrogen and oxygen atoms in total. The average molecular weight is 445 g/mol. The zero-order valence-electron chi connectivity index (χ0n) is 19.4. The molecule has 0 rings (SSSR count). The fraction of sp³-hybridized carbons (Fsp3) is 0.789. The van der Waals surface area contributed by atoms with Crippen LogP contribution < -0.4 is 11.5 Å². The van der Waals surface area contributed by atoms with Gasteiger partial charge in [0, 0.05) is 0 Å². The van der Waals surface area contributed by atoms with Crippen LogP contribution in [0.1, 0.15) is 27.2 Å². The summed E-state index contributed by atoms with van der Waals surface area (Å²) in [6.07, 6.45) is 1.35. The van der Waals surface area contributed by atoms with Gasteiger partial charge in [-0.25, -0.2) is 0 Å². The molecule has 0 aliphatic carbocycles. The van der Waals surface area contributed by atoms with Crippen LogP contribution in [0.5, 0.6) is 0 Å². The molecule has 0 aromatic carbocycles. The Morgan fingerprint density at radius 2 is 1.40 bits per heavy atom. The Labute approximate surface area is 180 Å². The summed E-state index contributed by atoms with van der Waals surface area (Å²) >= 11 is 0. The maximum Gasteiger partial charge on any atom is 0.320 e. The molecule has 0 heterocycles. The highest BCUT2D eigenvalue weighted by molar-refractivity contribution is 5.72. The smallest absolute Gasteiger partial charge is 0.320 e. The van der Waals surface area contributed by atoms with Crippen LogP contribution in [-0.2, 0) is 9.59 Å². The second-order valence-corrected chi connectivity index (χ2v) is 7.34. The second kappa shape index (κ2) is 27.4. The lowest BCUT2D eigenvalue weighted by Gasteiger charge is -2.21. The van der Waals surface area contributed by atoms with E-state index in [0.717, 1.165) is 11.0 Å². The van der Waals surface area contributed by atoms with Gasteiger partial charge >= 0.3 is 11.9 Å². The molecule has 0 fully saturated rings. The van der Waals surface area contributed by atoms with Crippen molar-refractivity contribution < 1.29 is 44.7 Å². The van der Waals surface area contributed by atoms with Gasteiger partial charge in [0.1, 0.15) is 18.7 Å². The number of aliphatic carboxylic acids is 2. The standard InChI is InChI=1S/C6H13NO2.C5H14NO.C3H8O3.C3H6.C2H5NO2/c1-4(2)3-5(7)6(8)9;1-6(2,3)4-5-7;4-1-3(6)2-5;1-3-2;3-1-2(4)5/h4-5H,3,7H2,1-2H3,(H,8,9);7H,4-5H2,1-3H3;3-6H,1-2H2;3H,1H2,2H3;1,3H2,(H,4,5)/q;+1;;;/t5-;;;;/m0..../s1. The van der Waals surface area contributed by atoms with Gasteiger partial charge < -0.3 is 46.6 Å². The van der Waals surface area contributed by atoms with Gasteiger partial charge in [-0.3, -0.25) is 9.59 Å². The SMILES string of the molecule is C=CC.CC(C)C[C@H](N)C(=O)O.C[N+](C)(C)CCO.NCC(=O)O.OCC(O)CO. The van der Waals surface area contributed by atoms with Gasteiger partial charge in [0.05, 0.1) is 47.5 Å². The van der Waals surface area contributed by atoms with Crippen molar-refractivity contribution in [2.45, 2.75) is 39.3 Å². The lowest BCUT2D eigenvalue weighted by molar-refractivity contribution is -0.870. The minimum absolute atomic E-state index is 0.278. The summed E-state index contributed by atoms with van der Waals surface area (Å²) in [7, 11) is 6.16. The van der Waals surface area contributed by atoms with Crippen molar-refractivity contribution in [3.63, 3.8) is 0 Å². The van der Waals surface area contributed by atoms with E-state index >= 15 is 0 Å². The molecular formula is C19H46N3O8+. The van der Waals surface area contributed by atoms with Gasteiger partial charge in [-0.1, -0.05) is 19.9 Å². The van der Waals surface area contributed by atoms with Crippen LogP contribution in [0.25, 0.3) is 0 Å². The van der Waals surface area contributed by atoms with Crippen molar-refractivity contribution >= 4 is 11.9 Å². The van der Waals surface area contributed by atoms with Gasteiger partial charge in [-0.15, -0.1) is 6.58 Å². The van der Waals surface area contributed by atoms with E-state index in [-0.39, 0.29) is 26.4 Å². The predicted octanol–water partition coefficient (Wildman–Crippen LogP) is -1.32. The van der Waals surface area contributed by atoms with Gasteiger partial charge in [0.2, 0.25) is 0 Å². The van der Waals surface area contributed by atoms with Crippen molar-refractivity contribution in [2.75, 3.05) is 54.1 Å². The Balaban J connectivity index is -0.0000000904. The van der Waals surface area contributed by atoms with Crippen LogP contribution in [0.3, 0.4) is 0 Å². The van der Waals surface area contributed by atoms with E-state index in [1.165, 1.54) is 0 Å². The van der Waals surface area contributed by atoms with Crippen molar-refractivity contribution in [2.24, 2.45) is 17.4 Å². The number of nitrogens with two attached hydrogens (primary N) is 2. The number of aliphatic hydroxyl groups is 4. The number of carbonyl (C=O) groups is 2. The molecule has 0 unspecified atom stereocenters. The highest BCUT2D eigenvalue weighted by atomic mass is 16.4. The van der Waals surface area contributed by atoms with Crippen molar-refractivity contribution in [3.05, 3.63) is 12.7 Å². The number of allylic oxidation sites excluding steroid dienone is 1. The van der Waals surface area contributed by atoms with E-state index in [1.807, 2.05) is 20.8 Å². The van der Waals surface area contributed by atoms with Crippen LogP contribution in [0, 0.1) is 5.92 Å². The minimum atomic E-state index is -0.968. The zero-order valence-corrected chi connectivity index (χ0v) is 19.4. The molecule has 30 heavy (non-hydrogen) atoms. The molecule has 0 saturated carbocycles. The van der Waals surface area contributed by atoms with Gasteiger partial charge in [-0.05, 0) is 19.3 Å². The van der Waals surface area contributed by atoms with E-state index in [1.54, 1.807) is 6.08 Å². The lowest BCUT2D eigenvalue weighted by atomic mass is 10.1. The first-order valence-corrected chi connectivity index (χ1v) is 9.38. The summed E-state index contributed by atoms with van der Waals surface area (Å²) in [6.45, 7) is 9.25. The quantitative estimate of drug-likeness (QED) is 0.164. The molecule has 0 saturated heterocycles. The van der Waals surface area contributed by atoms with Gasteiger partial charge in [-0.2, -0.15) is 0 Å². The Morgan fingerprint density at radius 3 is 1.43 bits per heavy atom. The van der Waals surface area contributed by atoms with E-state index in [4.69, 9.17) is 36.4 Å². The molecule has 1 atom stereocenters. The molecule has 11 heteroatoms. The normalized spacial score (nSPS) is 10.6. The highest BCUT2D eigenvalue weighted by Crippen LogP contribution is 2.01. The fourth-order valence-electron chi connectivity index (χ4n) is 0.966. The monoisotopic (exact) mass is 444 g/mol. The fourth-order valence-corrected chi connectivity index (χ4v) is 0.966. The molecule has 0 aliphatic rings. The highest BCUT2D eigenvalue weighted by Gasteiger charge is 2.11. The third kappa shape index (κ3) is 63.3. The first kappa shape index (κ1) is 38.9. The van der Waals surface area contributed by atoms with E-state index in [0.29, 0.717) is 12.3 Å². The number of rotatable bonds is 8. The molecular weight excluding hydrogens is 398 g/mol. The number of hydrogen-bond acceptors (Lipinski definition) is 8. The third-order valence-corrected chi connectivity index (χ3v) is 2.41. The van der Waals surface area contributed by atoms with Crippen molar-refractivity contribution in [1.29, 1.82) is 0 Å². The molecule has 0 aromatic rings. The van der Waals surface area contributed by atoms with Crippen LogP contribution in [0.15, 0.2) is 12.7 Å². The maximum absolute atomic E-state index is 10.1. The second-order valence-electron chi connectivity index (χ2n) is 7.34. The van der Waals surface area contributed by atoms with Gasteiger partial charge in [0.15, 0.2) is 0 Å². The topological polar surface area (TPSA) is 208 Å². The van der Waals surface area contributed by atoms with E-state index in [9.17, 15) is 9.59 Å². The van der Waals surface area contributed by atoms with Crippen LogP contribution in [-0.4, -0.2) is 113 Å². The van der Waals surface area contributed by atoms with Crippen LogP contribution in [0.4, 0.5) is 0 Å². The number of carboxylic acid groups (broad SMARTS) is 2. The number of likely N-dealkylation sites (N-methyl/N-ethyl adjacent to an activating group) is 1. The largest absolute Gasteiger partial charge is 0.480 e. The van der Waals surface area contributed by atoms with Crippen molar-refractivity contribution in [1.82, 2.24) is 0 Å². The first-order chi connectivity index (χ1) is 13.6. The molecule has 10 N–H and O–H groups in total. The summed E-state index contributed by atoms with van der Waals surface area (Å²) < 4.78 is 0.844. The van der Waals surface area contributed by atoms with Crippen LogP contribution in [0.2, 0.25) is 0 Å². The van der Waals surface area contributed by atoms with E-state index < -0.39 is 24.1 Å². The number of quaternary nitrogens is 1. The first-order valence-electron chi connectivity index (χ1n) is 9.38. The third-order valence-electron chi connectivity index (χ3n) is 2.41. The summed E-state index contributed by atoms with van der Waals surface area (Å²) in [5, 5.41) is 48.3. The number of carboxylic acids is 2. The Hall–Kier alpha value is -1.60. The van der Waals surface area contributed by atoms with E-state index in [2.05, 4.69) is 33.5 Å². The molecule has 0 amide bonds. The Kier molecular flexibility index (Phi) is 35.6. The molecule has 0 radical (unpaired) electrons. The summed E-state index contributed by atoms with van der Waals surface area (Å²) in [5.74, 6) is -1.52. The molecule has 184 valence electrons. The van der Waals surface area contributed by atoms with Crippen molar-refractivity contribution in [3.8, 4) is 0 Å². The molecule has 0 aromatic heterocycles.